The molecule has 2 aliphatic heterocycles. The van der Waals surface area contributed by atoms with Gasteiger partial charge in [-0.25, -0.2) is 8.42 Å². The molecule has 7 heteroatoms. The molecule has 0 spiro atoms. The number of amides is 1. The quantitative estimate of drug-likeness (QED) is 0.767. The number of hydrogen-bond donors (Lipinski definition) is 1. The summed E-state index contributed by atoms with van der Waals surface area (Å²) in [5.74, 6) is 0.691. The summed E-state index contributed by atoms with van der Waals surface area (Å²) >= 11 is 0. The van der Waals surface area contributed by atoms with E-state index in [2.05, 4.69) is 10.2 Å². The molecule has 0 bridgehead atoms. The van der Waals surface area contributed by atoms with Crippen LogP contribution in [0.25, 0.3) is 0 Å². The maximum Gasteiger partial charge on any atom is 0.244 e. The molecule has 2 heterocycles. The number of nitrogens with zero attached hydrogens (tertiary/aromatic N) is 2. The Morgan fingerprint density at radius 1 is 1.14 bits per heavy atom. The number of hydrogen-bond acceptors (Lipinski definition) is 5. The summed E-state index contributed by atoms with van der Waals surface area (Å²) in [7, 11) is -3.40. The highest BCUT2D eigenvalue weighted by Gasteiger charge is 2.50. The largest absolute Gasteiger partial charge is 0.339 e. The zero-order valence-corrected chi connectivity index (χ0v) is 14.2. The Hall–Kier alpha value is -0.660. The van der Waals surface area contributed by atoms with E-state index < -0.39 is 14.6 Å². The number of nitrogens with one attached hydrogen (secondary N) is 1. The molecule has 3 fully saturated rings. The van der Waals surface area contributed by atoms with Gasteiger partial charge in [-0.3, -0.25) is 9.69 Å². The second-order valence-corrected chi connectivity index (χ2v) is 9.38. The Morgan fingerprint density at radius 2 is 1.73 bits per heavy atom. The molecule has 126 valence electrons. The van der Waals surface area contributed by atoms with Gasteiger partial charge < -0.3 is 10.2 Å². The van der Waals surface area contributed by atoms with Crippen molar-refractivity contribution in [2.75, 3.05) is 52.1 Å². The van der Waals surface area contributed by atoms with Gasteiger partial charge in [0.25, 0.3) is 0 Å². The van der Waals surface area contributed by atoms with Crippen LogP contribution in [0.4, 0.5) is 0 Å². The number of rotatable bonds is 4. The Morgan fingerprint density at radius 3 is 2.23 bits per heavy atom. The summed E-state index contributed by atoms with van der Waals surface area (Å²) in [4.78, 5) is 17.2. The number of piperazine rings is 1. The Kier molecular flexibility index (Phi) is 4.49. The SMILES string of the molecule is CS(=O)(=O)C1(C(=O)N2CCN(CC3CC3)CC2)CCNCC1. The lowest BCUT2D eigenvalue weighted by molar-refractivity contribution is -0.136. The smallest absolute Gasteiger partial charge is 0.244 e. The van der Waals surface area contributed by atoms with E-state index >= 15 is 0 Å². The molecule has 0 unspecified atom stereocenters. The lowest BCUT2D eigenvalue weighted by Crippen LogP contribution is -2.61. The molecule has 22 heavy (non-hydrogen) atoms. The van der Waals surface area contributed by atoms with Crippen LogP contribution in [0.2, 0.25) is 0 Å². The number of carbonyl (C=O) groups excluding carboxylic acids is 1. The maximum atomic E-state index is 13.0. The van der Waals surface area contributed by atoms with Crippen molar-refractivity contribution in [1.29, 1.82) is 0 Å². The van der Waals surface area contributed by atoms with E-state index in [4.69, 9.17) is 0 Å². The van der Waals surface area contributed by atoms with Gasteiger partial charge in [0.2, 0.25) is 5.91 Å². The highest BCUT2D eigenvalue weighted by Crippen LogP contribution is 2.32. The molecule has 0 aromatic rings. The summed E-state index contributed by atoms with van der Waals surface area (Å²) in [5.41, 5.74) is 0. The normalized spacial score (nSPS) is 26.9. The zero-order valence-electron chi connectivity index (χ0n) is 13.4. The predicted molar refractivity (Wildman–Crippen MR) is 85.4 cm³/mol. The van der Waals surface area contributed by atoms with Gasteiger partial charge in [-0.2, -0.15) is 0 Å². The van der Waals surface area contributed by atoms with E-state index in [1.54, 1.807) is 4.90 Å². The Bertz CT molecular complexity index is 516. The van der Waals surface area contributed by atoms with Crippen LogP contribution in [0.5, 0.6) is 0 Å². The molecule has 0 aromatic heterocycles. The minimum atomic E-state index is -3.40. The lowest BCUT2D eigenvalue weighted by atomic mass is 9.95. The Balaban J connectivity index is 1.66. The topological polar surface area (TPSA) is 69.7 Å². The van der Waals surface area contributed by atoms with Crippen molar-refractivity contribution in [3.8, 4) is 0 Å². The molecule has 3 aliphatic rings. The standard InChI is InChI=1S/C15H27N3O3S/c1-22(20,21)15(4-6-16-7-5-15)14(19)18-10-8-17(9-11-18)12-13-2-3-13/h13,16H,2-12H2,1H3. The van der Waals surface area contributed by atoms with E-state index in [1.807, 2.05) is 0 Å². The fourth-order valence-electron chi connectivity index (χ4n) is 3.66. The van der Waals surface area contributed by atoms with Gasteiger partial charge in [0.05, 0.1) is 0 Å². The highest BCUT2D eigenvalue weighted by atomic mass is 32.2. The van der Waals surface area contributed by atoms with Crippen LogP contribution in [-0.2, 0) is 14.6 Å². The Labute approximate surface area is 133 Å². The van der Waals surface area contributed by atoms with E-state index in [0.29, 0.717) is 39.0 Å². The fraction of sp³-hybridized carbons (Fsp3) is 0.933. The summed E-state index contributed by atoms with van der Waals surface area (Å²) < 4.78 is 23.5. The zero-order chi connectivity index (χ0) is 15.8. The molecule has 0 radical (unpaired) electrons. The van der Waals surface area contributed by atoms with Gasteiger partial charge >= 0.3 is 0 Å². The van der Waals surface area contributed by atoms with Crippen molar-refractivity contribution in [1.82, 2.24) is 15.1 Å². The molecule has 1 N–H and O–H groups in total. The number of piperidine rings is 1. The predicted octanol–water partition coefficient (Wildman–Crippen LogP) is -0.293. The first-order valence-electron chi connectivity index (χ1n) is 8.34. The van der Waals surface area contributed by atoms with Gasteiger partial charge in [-0.15, -0.1) is 0 Å². The van der Waals surface area contributed by atoms with Gasteiger partial charge in [-0.05, 0) is 44.7 Å². The van der Waals surface area contributed by atoms with E-state index in [-0.39, 0.29) is 5.91 Å². The van der Waals surface area contributed by atoms with Crippen molar-refractivity contribution in [2.45, 2.75) is 30.4 Å². The summed E-state index contributed by atoms with van der Waals surface area (Å²) in [6, 6.07) is 0. The molecule has 1 amide bonds. The monoisotopic (exact) mass is 329 g/mol. The van der Waals surface area contributed by atoms with Crippen LogP contribution < -0.4 is 5.32 Å². The summed E-state index contributed by atoms with van der Waals surface area (Å²) in [6.07, 6.45) is 4.69. The third kappa shape index (κ3) is 3.16. The maximum absolute atomic E-state index is 13.0. The van der Waals surface area contributed by atoms with Crippen LogP contribution in [0.15, 0.2) is 0 Å². The van der Waals surface area contributed by atoms with E-state index in [9.17, 15) is 13.2 Å². The molecule has 2 saturated heterocycles. The molecular weight excluding hydrogens is 302 g/mol. The van der Waals surface area contributed by atoms with E-state index in [1.165, 1.54) is 19.1 Å². The molecule has 3 rings (SSSR count). The van der Waals surface area contributed by atoms with E-state index in [0.717, 1.165) is 25.6 Å². The molecule has 6 nitrogen and oxygen atoms in total. The third-order valence-electron chi connectivity index (χ3n) is 5.38. The number of sulfone groups is 1. The molecule has 0 atom stereocenters. The summed E-state index contributed by atoms with van der Waals surface area (Å²) in [6.45, 7) is 5.41. The third-order valence-corrected chi connectivity index (χ3v) is 7.39. The first-order chi connectivity index (χ1) is 10.4. The van der Waals surface area contributed by atoms with Gasteiger partial charge in [-0.1, -0.05) is 0 Å². The fourth-order valence-corrected chi connectivity index (χ4v) is 5.05. The van der Waals surface area contributed by atoms with Gasteiger partial charge in [0, 0.05) is 39.0 Å². The lowest BCUT2D eigenvalue weighted by Gasteiger charge is -2.42. The molecular formula is C15H27N3O3S. The van der Waals surface area contributed by atoms with Crippen LogP contribution in [0.1, 0.15) is 25.7 Å². The second-order valence-electron chi connectivity index (χ2n) is 7.05. The molecule has 1 saturated carbocycles. The van der Waals surface area contributed by atoms with Gasteiger partial charge in [0.15, 0.2) is 14.6 Å². The summed E-state index contributed by atoms with van der Waals surface area (Å²) in [5, 5.41) is 3.16. The molecule has 1 aliphatic carbocycles. The highest BCUT2D eigenvalue weighted by molar-refractivity contribution is 7.92. The van der Waals surface area contributed by atoms with Crippen molar-refractivity contribution in [2.24, 2.45) is 5.92 Å². The van der Waals surface area contributed by atoms with Crippen LogP contribution in [0.3, 0.4) is 0 Å². The van der Waals surface area contributed by atoms with Crippen molar-refractivity contribution in [3.63, 3.8) is 0 Å². The first-order valence-corrected chi connectivity index (χ1v) is 10.2. The van der Waals surface area contributed by atoms with Crippen molar-refractivity contribution in [3.05, 3.63) is 0 Å². The van der Waals surface area contributed by atoms with Gasteiger partial charge in [0.1, 0.15) is 0 Å². The minimum absolute atomic E-state index is 0.164. The van der Waals surface area contributed by atoms with Crippen LogP contribution >= 0.6 is 0 Å². The number of carbonyl (C=O) groups is 1. The second kappa shape index (κ2) is 6.09. The average molecular weight is 329 g/mol. The minimum Gasteiger partial charge on any atom is -0.339 e. The van der Waals surface area contributed by atoms with Crippen LogP contribution in [0, 0.1) is 5.92 Å². The average Bonchev–Trinajstić information content (AvgIpc) is 3.31. The first kappa shape index (κ1) is 16.2. The van der Waals surface area contributed by atoms with Crippen molar-refractivity contribution >= 4 is 15.7 Å². The molecule has 0 aromatic carbocycles. The van der Waals surface area contributed by atoms with Crippen LogP contribution in [-0.4, -0.2) is 80.9 Å². The van der Waals surface area contributed by atoms with Crippen molar-refractivity contribution < 1.29 is 13.2 Å².